The van der Waals surface area contributed by atoms with Crippen molar-refractivity contribution in [3.8, 4) is 0 Å². The fourth-order valence-corrected chi connectivity index (χ4v) is 3.22. The average Bonchev–Trinajstić information content (AvgIpc) is 3.01. The van der Waals surface area contributed by atoms with Crippen molar-refractivity contribution in [2.75, 3.05) is 34.7 Å². The van der Waals surface area contributed by atoms with Crippen LogP contribution in [-0.2, 0) is 0 Å². The molecule has 0 spiro atoms. The summed E-state index contributed by atoms with van der Waals surface area (Å²) in [5, 5.41) is 0. The second-order valence-electron chi connectivity index (χ2n) is 5.96. The predicted molar refractivity (Wildman–Crippen MR) is 83.3 cm³/mol. The molecule has 0 saturated carbocycles. The zero-order chi connectivity index (χ0) is 13.9. The van der Waals surface area contributed by atoms with Crippen LogP contribution in [0.2, 0.25) is 0 Å². The molecule has 0 radical (unpaired) electrons. The van der Waals surface area contributed by atoms with Gasteiger partial charge in [0.15, 0.2) is 0 Å². The molecule has 0 aromatic carbocycles. The van der Waals surface area contributed by atoms with Crippen LogP contribution in [0.3, 0.4) is 0 Å². The largest absolute Gasteiger partial charge is 0.309 e. The van der Waals surface area contributed by atoms with Crippen molar-refractivity contribution in [2.24, 2.45) is 0 Å². The van der Waals surface area contributed by atoms with Gasteiger partial charge in [-0.2, -0.15) is 0 Å². The maximum Gasteiger partial charge on any atom is 0.0654 e. The van der Waals surface area contributed by atoms with Gasteiger partial charge in [-0.15, -0.1) is 0 Å². The van der Waals surface area contributed by atoms with Crippen molar-refractivity contribution in [2.45, 2.75) is 24.8 Å². The number of hydrogen-bond acceptors (Lipinski definition) is 2. The Kier molecular flexibility index (Phi) is 4.43. The van der Waals surface area contributed by atoms with Crippen molar-refractivity contribution in [3.05, 3.63) is 47.6 Å². The van der Waals surface area contributed by atoms with Crippen LogP contribution < -0.4 is 0 Å². The van der Waals surface area contributed by atoms with E-state index in [-0.39, 0.29) is 5.54 Å². The van der Waals surface area contributed by atoms with Crippen LogP contribution in [0.25, 0.3) is 0 Å². The van der Waals surface area contributed by atoms with E-state index in [0.29, 0.717) is 0 Å². The smallest absolute Gasteiger partial charge is 0.0654 e. The molecule has 0 saturated heterocycles. The summed E-state index contributed by atoms with van der Waals surface area (Å²) >= 11 is 0. The highest BCUT2D eigenvalue weighted by atomic mass is 15.2. The predicted octanol–water partition coefficient (Wildman–Crippen LogP) is 3.01. The number of hydrogen-bond donors (Lipinski definition) is 0. The highest BCUT2D eigenvalue weighted by Crippen LogP contribution is 2.41. The molecule has 0 amide bonds. The summed E-state index contributed by atoms with van der Waals surface area (Å²) in [6.07, 6.45) is 16.9. The lowest BCUT2D eigenvalue weighted by atomic mass is 9.77. The van der Waals surface area contributed by atoms with Crippen molar-refractivity contribution in [1.82, 2.24) is 9.80 Å². The van der Waals surface area contributed by atoms with Gasteiger partial charge in [-0.05, 0) is 65.1 Å². The minimum Gasteiger partial charge on any atom is -0.309 e. The second-order valence-corrected chi connectivity index (χ2v) is 5.96. The fourth-order valence-electron chi connectivity index (χ4n) is 3.22. The Balaban J connectivity index is 2.33. The van der Waals surface area contributed by atoms with E-state index in [4.69, 9.17) is 0 Å². The molecule has 0 unspecified atom stereocenters. The molecule has 0 bridgehead atoms. The molecule has 0 heterocycles. The van der Waals surface area contributed by atoms with Gasteiger partial charge in [0.05, 0.1) is 5.54 Å². The van der Waals surface area contributed by atoms with E-state index in [2.05, 4.69) is 74.4 Å². The van der Waals surface area contributed by atoms with E-state index in [0.717, 1.165) is 25.8 Å². The molecule has 0 atom stereocenters. The van der Waals surface area contributed by atoms with Crippen LogP contribution in [0.4, 0.5) is 0 Å². The molecule has 0 fully saturated rings. The Hall–Kier alpha value is -1.12. The monoisotopic (exact) mass is 258 g/mol. The highest BCUT2D eigenvalue weighted by molar-refractivity contribution is 5.45. The summed E-state index contributed by atoms with van der Waals surface area (Å²) < 4.78 is 0. The molecule has 19 heavy (non-hydrogen) atoms. The van der Waals surface area contributed by atoms with Gasteiger partial charge in [0.25, 0.3) is 0 Å². The zero-order valence-electron chi connectivity index (χ0n) is 12.7. The Morgan fingerprint density at radius 2 is 1.47 bits per heavy atom. The molecule has 0 aliphatic heterocycles. The van der Waals surface area contributed by atoms with Gasteiger partial charge in [0.2, 0.25) is 0 Å². The molecule has 2 aliphatic carbocycles. The fraction of sp³-hybridized carbons (Fsp3) is 0.529. The Labute approximate surface area is 117 Å². The summed E-state index contributed by atoms with van der Waals surface area (Å²) in [5.74, 6) is 0. The van der Waals surface area contributed by atoms with E-state index in [9.17, 15) is 0 Å². The highest BCUT2D eigenvalue weighted by Gasteiger charge is 2.39. The maximum absolute atomic E-state index is 2.41. The molecule has 2 nitrogen and oxygen atoms in total. The van der Waals surface area contributed by atoms with Crippen molar-refractivity contribution in [3.63, 3.8) is 0 Å². The number of rotatable bonds is 6. The van der Waals surface area contributed by atoms with Gasteiger partial charge < -0.3 is 4.90 Å². The Morgan fingerprint density at radius 1 is 0.947 bits per heavy atom. The van der Waals surface area contributed by atoms with Gasteiger partial charge in [0, 0.05) is 0 Å². The zero-order valence-corrected chi connectivity index (χ0v) is 12.7. The third-order valence-corrected chi connectivity index (χ3v) is 4.29. The van der Waals surface area contributed by atoms with E-state index in [1.54, 1.807) is 0 Å². The van der Waals surface area contributed by atoms with E-state index >= 15 is 0 Å². The van der Waals surface area contributed by atoms with Crippen LogP contribution in [0, 0.1) is 0 Å². The number of likely N-dealkylation sites (N-methyl/N-ethyl adjacent to an activating group) is 1. The van der Waals surface area contributed by atoms with Gasteiger partial charge in [0.1, 0.15) is 0 Å². The van der Waals surface area contributed by atoms with Gasteiger partial charge in [-0.3, -0.25) is 4.90 Å². The van der Waals surface area contributed by atoms with E-state index < -0.39 is 0 Å². The van der Waals surface area contributed by atoms with Crippen LogP contribution in [0.5, 0.6) is 0 Å². The molecule has 104 valence electrons. The summed E-state index contributed by atoms with van der Waals surface area (Å²) in [6, 6.07) is 0. The van der Waals surface area contributed by atoms with Crippen LogP contribution in [0.15, 0.2) is 47.6 Å². The minimum atomic E-state index is 0.0806. The lowest BCUT2D eigenvalue weighted by Crippen LogP contribution is -2.49. The van der Waals surface area contributed by atoms with E-state index in [1.165, 1.54) is 11.1 Å². The summed E-state index contributed by atoms with van der Waals surface area (Å²) in [4.78, 5) is 4.69. The Bertz CT molecular complexity index is 406. The van der Waals surface area contributed by atoms with Crippen LogP contribution >= 0.6 is 0 Å². The summed E-state index contributed by atoms with van der Waals surface area (Å²) in [6.45, 7) is 1.10. The topological polar surface area (TPSA) is 6.48 Å². The molecule has 0 N–H and O–H groups in total. The third-order valence-electron chi connectivity index (χ3n) is 4.29. The first-order valence-corrected chi connectivity index (χ1v) is 7.12. The third kappa shape index (κ3) is 2.75. The summed E-state index contributed by atoms with van der Waals surface area (Å²) in [5.41, 5.74) is 3.15. The first-order valence-electron chi connectivity index (χ1n) is 7.12. The molecule has 2 heteroatoms. The molecule has 0 aromatic heterocycles. The first kappa shape index (κ1) is 14.3. The van der Waals surface area contributed by atoms with Crippen molar-refractivity contribution >= 4 is 0 Å². The average molecular weight is 258 g/mol. The molecule has 2 rings (SSSR count). The number of nitrogens with zero attached hydrogens (tertiary/aromatic N) is 2. The quantitative estimate of drug-likeness (QED) is 0.722. The van der Waals surface area contributed by atoms with Crippen LogP contribution in [0.1, 0.15) is 19.3 Å². The second kappa shape index (κ2) is 5.89. The molecular weight excluding hydrogens is 232 g/mol. The molecule has 2 aliphatic rings. The van der Waals surface area contributed by atoms with E-state index in [1.807, 2.05) is 0 Å². The summed E-state index contributed by atoms with van der Waals surface area (Å²) in [7, 11) is 8.74. The normalized spacial score (nSPS) is 18.6. The maximum atomic E-state index is 2.41. The van der Waals surface area contributed by atoms with Gasteiger partial charge in [-0.25, -0.2) is 0 Å². The van der Waals surface area contributed by atoms with Crippen molar-refractivity contribution in [1.29, 1.82) is 0 Å². The molecular formula is C17H26N2. The SMILES string of the molecule is CN(C)CCC(C1=CC=CC1)(C1=CC=CC1)N(C)C. The lowest BCUT2D eigenvalue weighted by molar-refractivity contribution is 0.196. The van der Waals surface area contributed by atoms with Gasteiger partial charge in [-0.1, -0.05) is 36.5 Å². The first-order chi connectivity index (χ1) is 9.07. The standard InChI is InChI=1S/C17H26N2/c1-18(2)14-13-17(19(3)4,15-9-5-6-10-15)16-11-7-8-12-16/h5-9,11H,10,12-14H2,1-4H3. The minimum absolute atomic E-state index is 0.0806. The van der Waals surface area contributed by atoms with Crippen molar-refractivity contribution < 1.29 is 0 Å². The lowest BCUT2D eigenvalue weighted by Gasteiger charge is -2.44. The van der Waals surface area contributed by atoms with Gasteiger partial charge >= 0.3 is 0 Å². The number of allylic oxidation sites excluding steroid dienone is 6. The van der Waals surface area contributed by atoms with Crippen LogP contribution in [-0.4, -0.2) is 50.1 Å². The Morgan fingerprint density at radius 3 is 1.79 bits per heavy atom. The molecule has 0 aromatic rings.